The topological polar surface area (TPSA) is 68.9 Å². The highest BCUT2D eigenvalue weighted by Crippen LogP contribution is 2.28. The molecule has 1 heterocycles. The number of nitrogens with zero attached hydrogens (tertiary/aromatic N) is 3. The SMILES string of the molecule is O=[N+]([O-])c1ccc2c(Cl)nc(-c3ccccc3F)nc2c1. The van der Waals surface area contributed by atoms with E-state index in [4.69, 9.17) is 11.6 Å². The van der Waals surface area contributed by atoms with Crippen LogP contribution in [0, 0.1) is 15.9 Å². The summed E-state index contributed by atoms with van der Waals surface area (Å²) in [5.41, 5.74) is 0.368. The molecule has 3 rings (SSSR count). The van der Waals surface area contributed by atoms with Crippen LogP contribution in [-0.4, -0.2) is 14.9 Å². The first-order valence-electron chi connectivity index (χ1n) is 5.93. The fourth-order valence-corrected chi connectivity index (χ4v) is 2.20. The van der Waals surface area contributed by atoms with Gasteiger partial charge in [-0.3, -0.25) is 10.1 Å². The molecule has 2 aromatic carbocycles. The molecule has 5 nitrogen and oxygen atoms in total. The predicted octanol–water partition coefficient (Wildman–Crippen LogP) is 4.00. The molecule has 0 aliphatic carbocycles. The van der Waals surface area contributed by atoms with Crippen LogP contribution in [0.2, 0.25) is 5.15 Å². The maximum Gasteiger partial charge on any atom is 0.271 e. The Morgan fingerprint density at radius 3 is 2.62 bits per heavy atom. The lowest BCUT2D eigenvalue weighted by Gasteiger charge is -2.05. The van der Waals surface area contributed by atoms with Gasteiger partial charge in [-0.05, 0) is 18.2 Å². The highest BCUT2D eigenvalue weighted by Gasteiger charge is 2.14. The molecule has 21 heavy (non-hydrogen) atoms. The number of halogens is 2. The van der Waals surface area contributed by atoms with Crippen molar-refractivity contribution in [1.29, 1.82) is 0 Å². The second-order valence-electron chi connectivity index (χ2n) is 4.28. The minimum Gasteiger partial charge on any atom is -0.258 e. The van der Waals surface area contributed by atoms with Crippen molar-refractivity contribution in [1.82, 2.24) is 9.97 Å². The Hall–Kier alpha value is -2.60. The van der Waals surface area contributed by atoms with Crippen molar-refractivity contribution in [2.45, 2.75) is 0 Å². The summed E-state index contributed by atoms with van der Waals surface area (Å²) in [4.78, 5) is 18.5. The summed E-state index contributed by atoms with van der Waals surface area (Å²) in [6.45, 7) is 0. The molecule has 0 radical (unpaired) electrons. The van der Waals surface area contributed by atoms with Crippen molar-refractivity contribution in [2.75, 3.05) is 0 Å². The third-order valence-electron chi connectivity index (χ3n) is 2.96. The fraction of sp³-hybridized carbons (Fsp3) is 0. The van der Waals surface area contributed by atoms with E-state index in [1.807, 2.05) is 0 Å². The first-order chi connectivity index (χ1) is 10.1. The van der Waals surface area contributed by atoms with Crippen LogP contribution in [0.25, 0.3) is 22.3 Å². The van der Waals surface area contributed by atoms with Crippen LogP contribution < -0.4 is 0 Å². The highest BCUT2D eigenvalue weighted by molar-refractivity contribution is 6.34. The molecule has 1 aromatic heterocycles. The van der Waals surface area contributed by atoms with Crippen molar-refractivity contribution in [3.05, 3.63) is 63.5 Å². The zero-order chi connectivity index (χ0) is 15.0. The molecule has 0 N–H and O–H groups in total. The van der Waals surface area contributed by atoms with Gasteiger partial charge in [0, 0.05) is 17.5 Å². The Labute approximate surface area is 123 Å². The molecule has 0 spiro atoms. The number of non-ortho nitro benzene ring substituents is 1. The van der Waals surface area contributed by atoms with E-state index in [0.29, 0.717) is 10.9 Å². The second kappa shape index (κ2) is 5.06. The third kappa shape index (κ3) is 2.41. The average molecular weight is 304 g/mol. The number of hydrogen-bond acceptors (Lipinski definition) is 4. The predicted molar refractivity (Wildman–Crippen MR) is 76.6 cm³/mol. The zero-order valence-corrected chi connectivity index (χ0v) is 11.2. The lowest BCUT2D eigenvalue weighted by atomic mass is 10.1. The van der Waals surface area contributed by atoms with Gasteiger partial charge in [-0.15, -0.1) is 0 Å². The van der Waals surface area contributed by atoms with Crippen LogP contribution >= 0.6 is 11.6 Å². The quantitative estimate of drug-likeness (QED) is 0.407. The Morgan fingerprint density at radius 2 is 1.90 bits per heavy atom. The Morgan fingerprint density at radius 1 is 1.14 bits per heavy atom. The molecule has 0 amide bonds. The van der Waals surface area contributed by atoms with Gasteiger partial charge < -0.3 is 0 Å². The zero-order valence-electron chi connectivity index (χ0n) is 10.5. The van der Waals surface area contributed by atoms with E-state index in [0.717, 1.165) is 0 Å². The minimum atomic E-state index is -0.530. The molecule has 0 aliphatic rings. The van der Waals surface area contributed by atoms with Crippen molar-refractivity contribution in [3.63, 3.8) is 0 Å². The van der Waals surface area contributed by atoms with Crippen LogP contribution in [-0.2, 0) is 0 Å². The molecular formula is C14H7ClFN3O2. The van der Waals surface area contributed by atoms with Gasteiger partial charge in [0.25, 0.3) is 5.69 Å². The van der Waals surface area contributed by atoms with Gasteiger partial charge in [0.2, 0.25) is 0 Å². The summed E-state index contributed by atoms with van der Waals surface area (Å²) in [6.07, 6.45) is 0. The molecule has 104 valence electrons. The van der Waals surface area contributed by atoms with Crippen LogP contribution in [0.4, 0.5) is 10.1 Å². The van der Waals surface area contributed by atoms with E-state index in [9.17, 15) is 14.5 Å². The lowest BCUT2D eigenvalue weighted by molar-refractivity contribution is -0.384. The number of nitro groups is 1. The number of rotatable bonds is 2. The fourth-order valence-electron chi connectivity index (χ4n) is 1.96. The summed E-state index contributed by atoms with van der Waals surface area (Å²) in [5, 5.41) is 11.4. The van der Waals surface area contributed by atoms with Crippen LogP contribution in [0.15, 0.2) is 42.5 Å². The normalized spacial score (nSPS) is 10.8. The Kier molecular flexibility index (Phi) is 3.23. The van der Waals surface area contributed by atoms with Gasteiger partial charge in [0.1, 0.15) is 11.0 Å². The minimum absolute atomic E-state index is 0.0890. The number of hydrogen-bond donors (Lipinski definition) is 0. The number of benzene rings is 2. The number of aromatic nitrogens is 2. The van der Waals surface area contributed by atoms with Crippen molar-refractivity contribution >= 4 is 28.2 Å². The standard InChI is InChI=1S/C14H7ClFN3O2/c15-13-10-6-5-8(19(20)21)7-12(10)17-14(18-13)9-3-1-2-4-11(9)16/h1-7H. The first-order valence-corrected chi connectivity index (χ1v) is 6.30. The van der Waals surface area contributed by atoms with Gasteiger partial charge >= 0.3 is 0 Å². The molecule has 0 atom stereocenters. The Balaban J connectivity index is 2.26. The smallest absolute Gasteiger partial charge is 0.258 e. The summed E-state index contributed by atoms with van der Waals surface area (Å²) in [7, 11) is 0. The maximum absolute atomic E-state index is 13.8. The van der Waals surface area contributed by atoms with Crippen LogP contribution in [0.5, 0.6) is 0 Å². The van der Waals surface area contributed by atoms with Gasteiger partial charge in [-0.25, -0.2) is 14.4 Å². The molecule has 3 aromatic rings. The van der Waals surface area contributed by atoms with Gasteiger partial charge in [-0.1, -0.05) is 23.7 Å². The molecule has 7 heteroatoms. The monoisotopic (exact) mass is 303 g/mol. The summed E-state index contributed by atoms with van der Waals surface area (Å²) in [5.74, 6) is -0.399. The van der Waals surface area contributed by atoms with E-state index in [2.05, 4.69) is 9.97 Å². The summed E-state index contributed by atoms with van der Waals surface area (Å²) < 4.78 is 13.8. The molecule has 0 bridgehead atoms. The largest absolute Gasteiger partial charge is 0.271 e. The molecular weight excluding hydrogens is 297 g/mol. The van der Waals surface area contributed by atoms with Crippen molar-refractivity contribution in [3.8, 4) is 11.4 Å². The third-order valence-corrected chi connectivity index (χ3v) is 3.25. The summed E-state index contributed by atoms with van der Waals surface area (Å²) in [6, 6.07) is 10.1. The summed E-state index contributed by atoms with van der Waals surface area (Å²) >= 11 is 6.05. The molecule has 0 saturated heterocycles. The number of fused-ring (bicyclic) bond motifs is 1. The molecule has 0 aliphatic heterocycles. The van der Waals surface area contributed by atoms with E-state index in [-0.39, 0.29) is 22.2 Å². The second-order valence-corrected chi connectivity index (χ2v) is 4.63. The highest BCUT2D eigenvalue weighted by atomic mass is 35.5. The van der Waals surface area contributed by atoms with Crippen LogP contribution in [0.1, 0.15) is 0 Å². The first kappa shape index (κ1) is 13.4. The van der Waals surface area contributed by atoms with E-state index in [1.165, 1.54) is 30.3 Å². The van der Waals surface area contributed by atoms with E-state index >= 15 is 0 Å². The van der Waals surface area contributed by atoms with Gasteiger partial charge in [0.05, 0.1) is 16.0 Å². The Bertz CT molecular complexity index is 870. The van der Waals surface area contributed by atoms with E-state index in [1.54, 1.807) is 12.1 Å². The molecule has 0 saturated carbocycles. The number of nitro benzene ring substituents is 1. The lowest BCUT2D eigenvalue weighted by Crippen LogP contribution is -1.95. The van der Waals surface area contributed by atoms with Crippen LogP contribution in [0.3, 0.4) is 0 Å². The van der Waals surface area contributed by atoms with Crippen molar-refractivity contribution < 1.29 is 9.31 Å². The maximum atomic E-state index is 13.8. The average Bonchev–Trinajstić information content (AvgIpc) is 2.47. The van der Waals surface area contributed by atoms with Gasteiger partial charge in [-0.2, -0.15) is 0 Å². The van der Waals surface area contributed by atoms with Gasteiger partial charge in [0.15, 0.2) is 5.82 Å². The van der Waals surface area contributed by atoms with Crippen molar-refractivity contribution in [2.24, 2.45) is 0 Å². The van der Waals surface area contributed by atoms with E-state index < -0.39 is 10.7 Å². The molecule has 0 unspecified atom stereocenters. The molecule has 0 fully saturated rings.